The molecular weight excluding hydrogens is 240 g/mol. The Bertz CT molecular complexity index is 272. The number of hydrazine groups is 1. The number of hydrogen-bond acceptors (Lipinski definition) is 3. The zero-order valence-corrected chi connectivity index (χ0v) is 12.5. The lowest BCUT2D eigenvalue weighted by molar-refractivity contribution is 0.476. The van der Waals surface area contributed by atoms with E-state index in [0.717, 1.165) is 6.42 Å². The lowest BCUT2D eigenvalue weighted by Crippen LogP contribution is -2.27. The van der Waals surface area contributed by atoms with Gasteiger partial charge in [-0.05, 0) is 28.8 Å². The molecule has 0 saturated heterocycles. The van der Waals surface area contributed by atoms with Crippen LogP contribution in [0.3, 0.4) is 0 Å². The molecule has 3 heteroatoms. The predicted octanol–water partition coefficient (Wildman–Crippen LogP) is 4.78. The molecule has 1 heterocycles. The second-order valence-electron chi connectivity index (χ2n) is 5.04. The van der Waals surface area contributed by atoms with Gasteiger partial charge in [0.05, 0.1) is 0 Å². The average Bonchev–Trinajstić information content (AvgIpc) is 2.91. The van der Waals surface area contributed by atoms with Gasteiger partial charge in [-0.2, -0.15) is 11.3 Å². The minimum absolute atomic E-state index is 0.344. The van der Waals surface area contributed by atoms with Gasteiger partial charge in [-0.25, -0.2) is 0 Å². The maximum Gasteiger partial charge on any atom is 0.0468 e. The van der Waals surface area contributed by atoms with Crippen molar-refractivity contribution >= 4 is 11.3 Å². The van der Waals surface area contributed by atoms with Crippen LogP contribution in [0.5, 0.6) is 0 Å². The van der Waals surface area contributed by atoms with Gasteiger partial charge >= 0.3 is 0 Å². The number of nitrogens with two attached hydrogens (primary N) is 1. The monoisotopic (exact) mass is 268 g/mol. The van der Waals surface area contributed by atoms with Crippen molar-refractivity contribution in [2.75, 3.05) is 0 Å². The van der Waals surface area contributed by atoms with Crippen LogP contribution in [0.2, 0.25) is 0 Å². The minimum atomic E-state index is 0.344. The molecule has 1 aromatic heterocycles. The quantitative estimate of drug-likeness (QED) is 0.344. The van der Waals surface area contributed by atoms with Crippen LogP contribution in [0.25, 0.3) is 0 Å². The summed E-state index contributed by atoms with van der Waals surface area (Å²) in [5.74, 6) is 5.61. The van der Waals surface area contributed by atoms with Crippen LogP contribution in [0.15, 0.2) is 16.8 Å². The molecule has 0 aromatic carbocycles. The molecule has 0 bridgehead atoms. The third-order valence-corrected chi connectivity index (χ3v) is 4.19. The molecule has 104 valence electrons. The SMILES string of the molecule is CCCCCCCCCCC(NN)c1ccsc1. The van der Waals surface area contributed by atoms with Crippen molar-refractivity contribution in [3.8, 4) is 0 Å². The highest BCUT2D eigenvalue weighted by Crippen LogP contribution is 2.21. The van der Waals surface area contributed by atoms with Gasteiger partial charge < -0.3 is 0 Å². The smallest absolute Gasteiger partial charge is 0.0468 e. The van der Waals surface area contributed by atoms with Gasteiger partial charge in [0, 0.05) is 6.04 Å². The molecule has 0 radical (unpaired) electrons. The molecule has 0 fully saturated rings. The molecule has 1 atom stereocenters. The topological polar surface area (TPSA) is 38.0 Å². The Morgan fingerprint density at radius 3 is 2.33 bits per heavy atom. The summed E-state index contributed by atoms with van der Waals surface area (Å²) in [6.07, 6.45) is 12.1. The minimum Gasteiger partial charge on any atom is -0.271 e. The first kappa shape index (κ1) is 15.7. The Morgan fingerprint density at radius 1 is 1.11 bits per heavy atom. The summed E-state index contributed by atoms with van der Waals surface area (Å²) in [4.78, 5) is 0. The van der Waals surface area contributed by atoms with E-state index in [9.17, 15) is 0 Å². The number of hydrogen-bond donors (Lipinski definition) is 2. The number of rotatable bonds is 11. The standard InChI is InChI=1S/C15H28N2S/c1-2-3-4-5-6-7-8-9-10-15(17-16)14-11-12-18-13-14/h11-13,15,17H,2-10,16H2,1H3. The molecule has 18 heavy (non-hydrogen) atoms. The van der Waals surface area contributed by atoms with Crippen molar-refractivity contribution in [2.45, 2.75) is 70.8 Å². The van der Waals surface area contributed by atoms with E-state index in [0.29, 0.717) is 6.04 Å². The van der Waals surface area contributed by atoms with Crippen LogP contribution in [-0.2, 0) is 0 Å². The van der Waals surface area contributed by atoms with Gasteiger partial charge in [0.15, 0.2) is 0 Å². The van der Waals surface area contributed by atoms with E-state index >= 15 is 0 Å². The van der Waals surface area contributed by atoms with Crippen molar-refractivity contribution < 1.29 is 0 Å². The van der Waals surface area contributed by atoms with E-state index < -0.39 is 0 Å². The Kier molecular flexibility index (Phi) is 9.17. The Labute approximate surface area is 116 Å². The fraction of sp³-hybridized carbons (Fsp3) is 0.733. The van der Waals surface area contributed by atoms with Crippen LogP contribution in [0, 0.1) is 0 Å². The lowest BCUT2D eigenvalue weighted by Gasteiger charge is -2.14. The van der Waals surface area contributed by atoms with E-state index in [1.165, 1.54) is 56.9 Å². The van der Waals surface area contributed by atoms with Gasteiger partial charge in [-0.1, -0.05) is 58.3 Å². The summed E-state index contributed by atoms with van der Waals surface area (Å²) < 4.78 is 0. The number of nitrogens with one attached hydrogen (secondary N) is 1. The van der Waals surface area contributed by atoms with E-state index in [4.69, 9.17) is 5.84 Å². The van der Waals surface area contributed by atoms with E-state index in [1.54, 1.807) is 11.3 Å². The first-order valence-electron chi connectivity index (χ1n) is 7.36. The molecule has 0 spiro atoms. The van der Waals surface area contributed by atoms with E-state index in [-0.39, 0.29) is 0 Å². The Balaban J connectivity index is 1.99. The summed E-state index contributed by atoms with van der Waals surface area (Å²) >= 11 is 1.74. The first-order valence-corrected chi connectivity index (χ1v) is 8.31. The zero-order chi connectivity index (χ0) is 13.1. The third kappa shape index (κ3) is 6.53. The van der Waals surface area contributed by atoms with Crippen LogP contribution >= 0.6 is 11.3 Å². The van der Waals surface area contributed by atoms with Crippen molar-refractivity contribution in [3.05, 3.63) is 22.4 Å². The number of thiophene rings is 1. The Morgan fingerprint density at radius 2 is 1.78 bits per heavy atom. The summed E-state index contributed by atoms with van der Waals surface area (Å²) in [7, 11) is 0. The molecule has 0 aliphatic carbocycles. The van der Waals surface area contributed by atoms with Gasteiger partial charge in [-0.15, -0.1) is 0 Å². The molecular formula is C15H28N2S. The van der Waals surface area contributed by atoms with Crippen molar-refractivity contribution in [1.29, 1.82) is 0 Å². The van der Waals surface area contributed by atoms with Gasteiger partial charge in [0.25, 0.3) is 0 Å². The second kappa shape index (κ2) is 10.5. The summed E-state index contributed by atoms with van der Waals surface area (Å²) in [5.41, 5.74) is 4.27. The van der Waals surface area contributed by atoms with Crippen LogP contribution in [0.1, 0.15) is 76.3 Å². The fourth-order valence-corrected chi connectivity index (χ4v) is 3.02. The zero-order valence-electron chi connectivity index (χ0n) is 11.7. The fourth-order valence-electron chi connectivity index (χ4n) is 2.30. The van der Waals surface area contributed by atoms with Crippen LogP contribution in [-0.4, -0.2) is 0 Å². The van der Waals surface area contributed by atoms with Crippen molar-refractivity contribution in [3.63, 3.8) is 0 Å². The molecule has 0 saturated carbocycles. The molecule has 3 N–H and O–H groups in total. The highest BCUT2D eigenvalue weighted by atomic mass is 32.1. The molecule has 1 rings (SSSR count). The molecule has 2 nitrogen and oxygen atoms in total. The predicted molar refractivity (Wildman–Crippen MR) is 81.6 cm³/mol. The van der Waals surface area contributed by atoms with E-state index in [1.807, 2.05) is 0 Å². The van der Waals surface area contributed by atoms with Gasteiger partial charge in [-0.3, -0.25) is 11.3 Å². The number of unbranched alkanes of at least 4 members (excludes halogenated alkanes) is 7. The van der Waals surface area contributed by atoms with Gasteiger partial charge in [0.2, 0.25) is 0 Å². The highest BCUT2D eigenvalue weighted by molar-refractivity contribution is 7.07. The van der Waals surface area contributed by atoms with E-state index in [2.05, 4.69) is 29.2 Å². The molecule has 0 amide bonds. The summed E-state index contributed by atoms with van der Waals surface area (Å²) in [6, 6.07) is 2.51. The molecule has 1 unspecified atom stereocenters. The maximum absolute atomic E-state index is 5.61. The molecule has 0 aliphatic rings. The molecule has 1 aromatic rings. The normalized spacial score (nSPS) is 12.8. The van der Waals surface area contributed by atoms with Gasteiger partial charge in [0.1, 0.15) is 0 Å². The highest BCUT2D eigenvalue weighted by Gasteiger charge is 2.08. The van der Waals surface area contributed by atoms with Crippen molar-refractivity contribution in [2.24, 2.45) is 5.84 Å². The van der Waals surface area contributed by atoms with Crippen molar-refractivity contribution in [1.82, 2.24) is 5.43 Å². The average molecular weight is 268 g/mol. The Hall–Kier alpha value is -0.380. The largest absolute Gasteiger partial charge is 0.271 e. The third-order valence-electron chi connectivity index (χ3n) is 3.49. The van der Waals surface area contributed by atoms with Crippen LogP contribution < -0.4 is 11.3 Å². The lowest BCUT2D eigenvalue weighted by atomic mass is 10.0. The summed E-state index contributed by atoms with van der Waals surface area (Å²) in [5, 5.41) is 4.31. The van der Waals surface area contributed by atoms with Crippen LogP contribution in [0.4, 0.5) is 0 Å². The second-order valence-corrected chi connectivity index (χ2v) is 5.82. The first-order chi connectivity index (χ1) is 8.88. The maximum atomic E-state index is 5.61. The molecule has 0 aliphatic heterocycles. The summed E-state index contributed by atoms with van der Waals surface area (Å²) in [6.45, 7) is 2.27.